The number of aliphatic imine (C=N–C) groups is 1. The van der Waals surface area contributed by atoms with Gasteiger partial charge in [0, 0.05) is 36.1 Å². The van der Waals surface area contributed by atoms with E-state index in [0.29, 0.717) is 11.6 Å². The van der Waals surface area contributed by atoms with Crippen molar-refractivity contribution < 1.29 is 13.2 Å². The fourth-order valence-corrected chi connectivity index (χ4v) is 9.34. The van der Waals surface area contributed by atoms with Crippen molar-refractivity contribution in [3.05, 3.63) is 60.2 Å². The fraction of sp³-hybridized carbons (Fsp3) is 0.481. The highest BCUT2D eigenvalue weighted by Crippen LogP contribution is 2.41. The Labute approximate surface area is 212 Å². The molecule has 3 aliphatic rings. The number of rotatable bonds is 6. The summed E-state index contributed by atoms with van der Waals surface area (Å²) in [6, 6.07) is 18.9. The number of fused-ring (bicyclic) bond motifs is 1. The van der Waals surface area contributed by atoms with Gasteiger partial charge in [-0.05, 0) is 61.4 Å². The summed E-state index contributed by atoms with van der Waals surface area (Å²) in [6.45, 7) is 4.04. The first kappa shape index (κ1) is 24.4. The van der Waals surface area contributed by atoms with Crippen LogP contribution in [0.1, 0.15) is 38.2 Å². The van der Waals surface area contributed by atoms with E-state index in [0.717, 1.165) is 37.5 Å². The molecule has 35 heavy (non-hydrogen) atoms. The molecule has 1 amide bonds. The number of sulfone groups is 1. The molecule has 3 aliphatic heterocycles. The maximum Gasteiger partial charge on any atom is 0.248 e. The molecule has 0 aliphatic carbocycles. The number of amidine groups is 1. The number of amides is 1. The van der Waals surface area contributed by atoms with Crippen molar-refractivity contribution >= 4 is 44.0 Å². The normalized spacial score (nSPS) is 25.2. The van der Waals surface area contributed by atoms with Gasteiger partial charge in [0.25, 0.3) is 0 Å². The smallest absolute Gasteiger partial charge is 0.248 e. The molecular weight excluding hydrogens is 478 g/mol. The number of benzene rings is 2. The van der Waals surface area contributed by atoms with Crippen LogP contribution in [0, 0.1) is 5.92 Å². The molecule has 5 rings (SSSR count). The van der Waals surface area contributed by atoms with Gasteiger partial charge in [0.1, 0.15) is 0 Å². The third-order valence-corrected chi connectivity index (χ3v) is 10.4. The maximum atomic E-state index is 12.3. The van der Waals surface area contributed by atoms with Gasteiger partial charge >= 0.3 is 0 Å². The van der Waals surface area contributed by atoms with Crippen LogP contribution in [0.2, 0.25) is 0 Å². The van der Waals surface area contributed by atoms with Crippen LogP contribution in [-0.2, 0) is 21.1 Å². The van der Waals surface area contributed by atoms with E-state index in [4.69, 9.17) is 0 Å². The molecule has 8 heteroatoms. The highest BCUT2D eigenvalue weighted by atomic mass is 32.2. The molecule has 0 aromatic heterocycles. The second kappa shape index (κ2) is 10.3. The number of thioether (sulfide) groups is 1. The molecule has 0 spiro atoms. The Morgan fingerprint density at radius 1 is 1.00 bits per heavy atom. The summed E-state index contributed by atoms with van der Waals surface area (Å²) in [6.07, 6.45) is 4.66. The van der Waals surface area contributed by atoms with E-state index in [1.54, 1.807) is 0 Å². The van der Waals surface area contributed by atoms with E-state index >= 15 is 0 Å². The first-order valence-electron chi connectivity index (χ1n) is 12.6. The molecular formula is C27H33N3O3S2. The standard InChI is InChI=1S/C27H33N3O3S2/c1-2-6-26(31)28-27-30(24-18-35(32,33)19-25(24)34-27)23-11-9-22(10-12-23)29-15-13-21(14-16-29)17-20-7-4-3-5-8-20/h3-5,7-12,21,24-25H,2,6,13-19H2,1H3/t24-,25+/m0/s1. The third-order valence-electron chi connectivity index (χ3n) is 7.23. The number of hydrogen-bond acceptors (Lipinski definition) is 5. The number of carbonyl (C=O) groups excluding carboxylic acids is 1. The van der Waals surface area contributed by atoms with Gasteiger partial charge < -0.3 is 9.80 Å². The van der Waals surface area contributed by atoms with Crippen LogP contribution in [-0.4, -0.2) is 55.4 Å². The maximum absolute atomic E-state index is 12.3. The molecule has 3 saturated heterocycles. The predicted octanol–water partition coefficient (Wildman–Crippen LogP) is 4.55. The van der Waals surface area contributed by atoms with E-state index in [1.807, 2.05) is 11.8 Å². The predicted molar refractivity (Wildman–Crippen MR) is 145 cm³/mol. The minimum absolute atomic E-state index is 0.0727. The van der Waals surface area contributed by atoms with Crippen molar-refractivity contribution in [2.45, 2.75) is 50.3 Å². The highest BCUT2D eigenvalue weighted by molar-refractivity contribution is 8.16. The monoisotopic (exact) mass is 511 g/mol. The van der Waals surface area contributed by atoms with Gasteiger partial charge in [0.05, 0.1) is 17.5 Å². The molecule has 2 aromatic carbocycles. The van der Waals surface area contributed by atoms with E-state index < -0.39 is 9.84 Å². The molecule has 2 aromatic rings. The van der Waals surface area contributed by atoms with Crippen molar-refractivity contribution in [3.8, 4) is 0 Å². The van der Waals surface area contributed by atoms with Crippen molar-refractivity contribution in [2.75, 3.05) is 34.4 Å². The van der Waals surface area contributed by atoms with Gasteiger partial charge in [0.15, 0.2) is 15.0 Å². The SMILES string of the molecule is CCCC(=O)N=C1S[C@@H]2CS(=O)(=O)C[C@@H]2N1c1ccc(N2CCC(Cc3ccccc3)CC2)cc1. The average Bonchev–Trinajstić information content (AvgIpc) is 3.31. The zero-order valence-electron chi connectivity index (χ0n) is 20.2. The minimum atomic E-state index is -3.07. The van der Waals surface area contributed by atoms with Crippen LogP contribution in [0.25, 0.3) is 0 Å². The van der Waals surface area contributed by atoms with Crippen molar-refractivity contribution in [3.63, 3.8) is 0 Å². The molecule has 6 nitrogen and oxygen atoms in total. The summed E-state index contributed by atoms with van der Waals surface area (Å²) in [5, 5.41) is 0.569. The van der Waals surface area contributed by atoms with Crippen LogP contribution in [0.4, 0.5) is 11.4 Å². The fourth-order valence-electron chi connectivity index (χ4n) is 5.41. The van der Waals surface area contributed by atoms with Crippen LogP contribution in [0.15, 0.2) is 59.6 Å². The summed E-state index contributed by atoms with van der Waals surface area (Å²) in [7, 11) is -3.07. The molecule has 3 fully saturated rings. The second-order valence-corrected chi connectivity index (χ2v) is 13.2. The third kappa shape index (κ3) is 5.59. The lowest BCUT2D eigenvalue weighted by atomic mass is 9.90. The number of piperidine rings is 1. The van der Waals surface area contributed by atoms with Crippen molar-refractivity contribution in [1.82, 2.24) is 0 Å². The number of nitrogens with zero attached hydrogens (tertiary/aromatic N) is 3. The Bertz CT molecular complexity index is 1170. The quantitative estimate of drug-likeness (QED) is 0.567. The van der Waals surface area contributed by atoms with Gasteiger partial charge in [-0.15, -0.1) is 0 Å². The van der Waals surface area contributed by atoms with Gasteiger partial charge in [-0.1, -0.05) is 49.0 Å². The lowest BCUT2D eigenvalue weighted by Crippen LogP contribution is -2.38. The Kier molecular flexibility index (Phi) is 7.21. The molecule has 186 valence electrons. The lowest BCUT2D eigenvalue weighted by Gasteiger charge is -2.34. The number of anilines is 2. The molecule has 0 N–H and O–H groups in total. The highest BCUT2D eigenvalue weighted by Gasteiger charge is 2.49. The summed E-state index contributed by atoms with van der Waals surface area (Å²) in [5.74, 6) is 0.839. The first-order chi connectivity index (χ1) is 16.9. The average molecular weight is 512 g/mol. The van der Waals surface area contributed by atoms with Crippen LogP contribution < -0.4 is 9.80 Å². The number of carbonyl (C=O) groups is 1. The Balaban J connectivity index is 1.28. The summed E-state index contributed by atoms with van der Waals surface area (Å²) in [5.41, 5.74) is 3.52. The zero-order chi connectivity index (χ0) is 24.4. The van der Waals surface area contributed by atoms with E-state index in [1.165, 1.54) is 35.9 Å². The van der Waals surface area contributed by atoms with Gasteiger partial charge in [-0.2, -0.15) is 4.99 Å². The topological polar surface area (TPSA) is 70.0 Å². The lowest BCUT2D eigenvalue weighted by molar-refractivity contribution is -0.117. The van der Waals surface area contributed by atoms with Gasteiger partial charge in [-0.3, -0.25) is 4.79 Å². The van der Waals surface area contributed by atoms with Crippen molar-refractivity contribution in [1.29, 1.82) is 0 Å². The zero-order valence-corrected chi connectivity index (χ0v) is 21.8. The van der Waals surface area contributed by atoms with Gasteiger partial charge in [0.2, 0.25) is 5.91 Å². The number of hydrogen-bond donors (Lipinski definition) is 0. The second-order valence-electron chi connectivity index (χ2n) is 9.85. The molecule has 0 unspecified atom stereocenters. The first-order valence-corrected chi connectivity index (χ1v) is 15.3. The Morgan fingerprint density at radius 2 is 1.69 bits per heavy atom. The van der Waals surface area contributed by atoms with Gasteiger partial charge in [-0.25, -0.2) is 8.42 Å². The van der Waals surface area contributed by atoms with E-state index in [9.17, 15) is 13.2 Å². The molecule has 2 atom stereocenters. The van der Waals surface area contributed by atoms with E-state index in [2.05, 4.69) is 64.5 Å². The van der Waals surface area contributed by atoms with Crippen molar-refractivity contribution in [2.24, 2.45) is 10.9 Å². The van der Waals surface area contributed by atoms with Crippen LogP contribution in [0.5, 0.6) is 0 Å². The largest absolute Gasteiger partial charge is 0.372 e. The summed E-state index contributed by atoms with van der Waals surface area (Å²) < 4.78 is 24.6. The Hall–Kier alpha value is -2.32. The van der Waals surface area contributed by atoms with Crippen LogP contribution >= 0.6 is 11.8 Å². The van der Waals surface area contributed by atoms with Crippen LogP contribution in [0.3, 0.4) is 0 Å². The molecule has 0 radical (unpaired) electrons. The Morgan fingerprint density at radius 3 is 2.37 bits per heavy atom. The minimum Gasteiger partial charge on any atom is -0.372 e. The summed E-state index contributed by atoms with van der Waals surface area (Å²) in [4.78, 5) is 21.1. The molecule has 0 bridgehead atoms. The summed E-state index contributed by atoms with van der Waals surface area (Å²) >= 11 is 1.44. The molecule has 0 saturated carbocycles. The molecule has 3 heterocycles. The van der Waals surface area contributed by atoms with E-state index in [-0.39, 0.29) is 28.7 Å².